The smallest absolute Gasteiger partial charge is 0.216 e. The van der Waals surface area contributed by atoms with Crippen LogP contribution >= 0.6 is 23.8 Å². The van der Waals surface area contributed by atoms with Crippen LogP contribution in [-0.4, -0.2) is 26.1 Å². The standard InChI is InChI=1S/C12H8ClN5S/c13-11-9(6-15-18-7-14-17-12(18)19)5-8-3-1-2-4-10(8)16-11/h1-7H,(H,17,19)/b15-6+. The molecule has 19 heavy (non-hydrogen) atoms. The molecule has 1 aromatic carbocycles. The molecule has 3 rings (SSSR count). The van der Waals surface area contributed by atoms with E-state index in [0.29, 0.717) is 9.92 Å². The number of pyridine rings is 1. The molecule has 0 saturated heterocycles. The largest absolute Gasteiger partial charge is 0.250 e. The van der Waals surface area contributed by atoms with E-state index < -0.39 is 0 Å². The van der Waals surface area contributed by atoms with Gasteiger partial charge in [-0.2, -0.15) is 14.9 Å². The van der Waals surface area contributed by atoms with Crippen molar-refractivity contribution in [3.05, 3.63) is 52.1 Å². The molecule has 0 aliphatic heterocycles. The van der Waals surface area contributed by atoms with Gasteiger partial charge in [-0.25, -0.2) is 4.98 Å². The van der Waals surface area contributed by atoms with E-state index in [4.69, 9.17) is 23.8 Å². The van der Waals surface area contributed by atoms with Crippen LogP contribution in [-0.2, 0) is 0 Å². The van der Waals surface area contributed by atoms with Crippen LogP contribution in [0.1, 0.15) is 5.56 Å². The third kappa shape index (κ3) is 2.40. The number of benzene rings is 1. The van der Waals surface area contributed by atoms with E-state index in [2.05, 4.69) is 20.3 Å². The average molecular weight is 290 g/mol. The molecule has 0 bridgehead atoms. The average Bonchev–Trinajstić information content (AvgIpc) is 2.82. The fourth-order valence-electron chi connectivity index (χ4n) is 1.65. The summed E-state index contributed by atoms with van der Waals surface area (Å²) in [7, 11) is 0. The number of para-hydroxylation sites is 1. The summed E-state index contributed by atoms with van der Waals surface area (Å²) in [6.45, 7) is 0. The van der Waals surface area contributed by atoms with Gasteiger partial charge in [-0.3, -0.25) is 5.10 Å². The lowest BCUT2D eigenvalue weighted by atomic mass is 10.2. The first-order valence-electron chi connectivity index (χ1n) is 5.46. The monoisotopic (exact) mass is 289 g/mol. The zero-order valence-electron chi connectivity index (χ0n) is 9.62. The summed E-state index contributed by atoms with van der Waals surface area (Å²) >= 11 is 11.1. The second-order valence-electron chi connectivity index (χ2n) is 3.81. The molecule has 0 amide bonds. The number of H-pyrrole nitrogens is 1. The maximum absolute atomic E-state index is 6.12. The maximum atomic E-state index is 6.12. The minimum Gasteiger partial charge on any atom is -0.250 e. The van der Waals surface area contributed by atoms with Gasteiger partial charge in [-0.15, -0.1) is 0 Å². The van der Waals surface area contributed by atoms with Crippen LogP contribution < -0.4 is 0 Å². The van der Waals surface area contributed by atoms with Crippen molar-refractivity contribution in [1.82, 2.24) is 19.9 Å². The zero-order chi connectivity index (χ0) is 13.2. The Morgan fingerprint density at radius 3 is 3.00 bits per heavy atom. The third-order valence-electron chi connectivity index (χ3n) is 2.56. The van der Waals surface area contributed by atoms with Gasteiger partial charge in [0.15, 0.2) is 0 Å². The van der Waals surface area contributed by atoms with Gasteiger partial charge >= 0.3 is 0 Å². The van der Waals surface area contributed by atoms with Gasteiger partial charge in [0.05, 0.1) is 11.7 Å². The molecule has 3 aromatic rings. The maximum Gasteiger partial charge on any atom is 0.216 e. The summed E-state index contributed by atoms with van der Waals surface area (Å²) in [5, 5.41) is 12.0. The molecule has 0 saturated carbocycles. The Bertz CT molecular complexity index is 820. The topological polar surface area (TPSA) is 58.9 Å². The fraction of sp³-hybridized carbons (Fsp3) is 0. The molecule has 0 radical (unpaired) electrons. The van der Waals surface area contributed by atoms with E-state index in [1.54, 1.807) is 6.21 Å². The van der Waals surface area contributed by atoms with Crippen molar-refractivity contribution in [2.75, 3.05) is 0 Å². The van der Waals surface area contributed by atoms with E-state index >= 15 is 0 Å². The molecular weight excluding hydrogens is 282 g/mol. The molecule has 0 fully saturated rings. The van der Waals surface area contributed by atoms with Gasteiger partial charge in [0, 0.05) is 10.9 Å². The minimum absolute atomic E-state index is 0.400. The van der Waals surface area contributed by atoms with Crippen LogP contribution in [0, 0.1) is 4.77 Å². The zero-order valence-corrected chi connectivity index (χ0v) is 11.2. The van der Waals surface area contributed by atoms with E-state index in [0.717, 1.165) is 16.5 Å². The SMILES string of the molecule is S=c1[nH]ncn1/N=C/c1cc2ccccc2nc1Cl. The van der Waals surface area contributed by atoms with Crippen molar-refractivity contribution >= 4 is 40.9 Å². The minimum atomic E-state index is 0.400. The fourth-order valence-corrected chi connectivity index (χ4v) is 1.99. The predicted molar refractivity (Wildman–Crippen MR) is 77.2 cm³/mol. The molecule has 0 spiro atoms. The third-order valence-corrected chi connectivity index (χ3v) is 3.14. The number of aromatic amines is 1. The molecule has 2 aromatic heterocycles. The van der Waals surface area contributed by atoms with Crippen LogP contribution in [0.2, 0.25) is 5.15 Å². The number of nitrogens with one attached hydrogen (secondary N) is 1. The molecule has 0 aliphatic rings. The highest BCUT2D eigenvalue weighted by atomic mass is 35.5. The molecular formula is C12H8ClN5S. The molecule has 1 N–H and O–H groups in total. The first-order chi connectivity index (χ1) is 9.24. The second-order valence-corrected chi connectivity index (χ2v) is 4.56. The van der Waals surface area contributed by atoms with E-state index in [1.165, 1.54) is 11.0 Å². The number of fused-ring (bicyclic) bond motifs is 1. The van der Waals surface area contributed by atoms with Crippen LogP contribution in [0.3, 0.4) is 0 Å². The Kier molecular flexibility index (Phi) is 3.10. The van der Waals surface area contributed by atoms with Crippen molar-refractivity contribution in [3.8, 4) is 0 Å². The first-order valence-corrected chi connectivity index (χ1v) is 6.24. The molecule has 0 aliphatic carbocycles. The van der Waals surface area contributed by atoms with Crippen molar-refractivity contribution in [1.29, 1.82) is 0 Å². The Morgan fingerprint density at radius 2 is 2.21 bits per heavy atom. The number of hydrogen-bond donors (Lipinski definition) is 1. The van der Waals surface area contributed by atoms with Gasteiger partial charge in [-0.1, -0.05) is 29.8 Å². The second kappa shape index (κ2) is 4.91. The van der Waals surface area contributed by atoms with Crippen LogP contribution in [0.15, 0.2) is 41.8 Å². The number of hydrogen-bond acceptors (Lipinski definition) is 4. The highest BCUT2D eigenvalue weighted by molar-refractivity contribution is 7.71. The van der Waals surface area contributed by atoms with Crippen LogP contribution in [0.25, 0.3) is 10.9 Å². The lowest BCUT2D eigenvalue weighted by Crippen LogP contribution is -1.92. The Morgan fingerprint density at radius 1 is 1.37 bits per heavy atom. The summed E-state index contributed by atoms with van der Waals surface area (Å²) in [6, 6.07) is 9.68. The molecule has 94 valence electrons. The number of halogens is 1. The highest BCUT2D eigenvalue weighted by Gasteiger charge is 2.02. The summed E-state index contributed by atoms with van der Waals surface area (Å²) in [5.74, 6) is 0. The van der Waals surface area contributed by atoms with Gasteiger partial charge in [0.25, 0.3) is 0 Å². The quantitative estimate of drug-likeness (QED) is 0.448. The Hall–Kier alpha value is -2.05. The van der Waals surface area contributed by atoms with Gasteiger partial charge < -0.3 is 0 Å². The Balaban J connectivity index is 2.05. The molecule has 7 heteroatoms. The van der Waals surface area contributed by atoms with Gasteiger partial charge in [-0.05, 0) is 24.4 Å². The van der Waals surface area contributed by atoms with E-state index in [-0.39, 0.29) is 0 Å². The first kappa shape index (κ1) is 12.0. The van der Waals surface area contributed by atoms with Crippen LogP contribution in [0.4, 0.5) is 0 Å². The van der Waals surface area contributed by atoms with Crippen molar-refractivity contribution in [2.45, 2.75) is 0 Å². The van der Waals surface area contributed by atoms with Crippen molar-refractivity contribution in [3.63, 3.8) is 0 Å². The Labute approximate surface area is 118 Å². The summed E-state index contributed by atoms with van der Waals surface area (Å²) < 4.78 is 1.86. The molecule has 0 unspecified atom stereocenters. The van der Waals surface area contributed by atoms with E-state index in [9.17, 15) is 0 Å². The highest BCUT2D eigenvalue weighted by Crippen LogP contribution is 2.18. The summed E-state index contributed by atoms with van der Waals surface area (Å²) in [5.41, 5.74) is 1.58. The number of rotatable bonds is 2. The van der Waals surface area contributed by atoms with Crippen molar-refractivity contribution in [2.24, 2.45) is 5.10 Å². The lowest BCUT2D eigenvalue weighted by Gasteiger charge is -2.01. The number of aromatic nitrogens is 4. The molecule has 5 nitrogen and oxygen atoms in total. The lowest BCUT2D eigenvalue weighted by molar-refractivity contribution is 0.862. The van der Waals surface area contributed by atoms with Gasteiger partial charge in [0.2, 0.25) is 4.77 Å². The summed E-state index contributed by atoms with van der Waals surface area (Å²) in [4.78, 5) is 4.31. The number of nitrogens with zero attached hydrogens (tertiary/aromatic N) is 4. The predicted octanol–water partition coefficient (Wildman–Crippen LogP) is 3.02. The van der Waals surface area contributed by atoms with Gasteiger partial charge in [0.1, 0.15) is 11.5 Å². The van der Waals surface area contributed by atoms with E-state index in [1.807, 2.05) is 30.3 Å². The normalized spacial score (nSPS) is 11.4. The molecule has 0 atom stereocenters. The van der Waals surface area contributed by atoms with Crippen molar-refractivity contribution < 1.29 is 0 Å². The molecule has 2 heterocycles. The van der Waals surface area contributed by atoms with Crippen LogP contribution in [0.5, 0.6) is 0 Å². The summed E-state index contributed by atoms with van der Waals surface area (Å²) in [6.07, 6.45) is 3.09.